The van der Waals surface area contributed by atoms with Gasteiger partial charge in [0.15, 0.2) is 5.78 Å². The lowest BCUT2D eigenvalue weighted by Gasteiger charge is -2.07. The Morgan fingerprint density at radius 3 is 2.52 bits per heavy atom. The Bertz CT molecular complexity index is 725. The van der Waals surface area contributed by atoms with Gasteiger partial charge in [-0.25, -0.2) is 4.79 Å². The molecule has 120 valence electrons. The van der Waals surface area contributed by atoms with Crippen molar-refractivity contribution in [3.05, 3.63) is 64.2 Å². The highest BCUT2D eigenvalue weighted by atomic mass is 35.5. The van der Waals surface area contributed by atoms with Crippen LogP contribution in [0.15, 0.2) is 42.5 Å². The van der Waals surface area contributed by atoms with E-state index in [9.17, 15) is 9.59 Å². The van der Waals surface area contributed by atoms with Crippen molar-refractivity contribution in [2.24, 2.45) is 0 Å². The molecule has 0 aliphatic carbocycles. The highest BCUT2D eigenvalue weighted by Gasteiger charge is 2.12. The summed E-state index contributed by atoms with van der Waals surface area (Å²) >= 11 is 6.11. The van der Waals surface area contributed by atoms with Crippen molar-refractivity contribution in [2.45, 2.75) is 12.8 Å². The van der Waals surface area contributed by atoms with E-state index in [4.69, 9.17) is 16.3 Å². The van der Waals surface area contributed by atoms with Crippen molar-refractivity contribution in [1.82, 2.24) is 0 Å². The summed E-state index contributed by atoms with van der Waals surface area (Å²) in [5.74, 6) is 0.162. The molecule has 0 bridgehead atoms. The normalized spacial score (nSPS) is 10.2. The molecule has 0 aliphatic heterocycles. The lowest BCUT2D eigenvalue weighted by atomic mass is 10.0. The van der Waals surface area contributed by atoms with Crippen LogP contribution in [0.2, 0.25) is 5.02 Å². The third-order valence-electron chi connectivity index (χ3n) is 3.47. The molecule has 2 aromatic rings. The van der Waals surface area contributed by atoms with Crippen LogP contribution in [0.4, 0.5) is 0 Å². The van der Waals surface area contributed by atoms with Crippen molar-refractivity contribution < 1.29 is 19.1 Å². The van der Waals surface area contributed by atoms with Gasteiger partial charge in [-0.15, -0.1) is 0 Å². The van der Waals surface area contributed by atoms with E-state index in [2.05, 4.69) is 4.74 Å². The fourth-order valence-electron chi connectivity index (χ4n) is 2.21. The molecule has 0 atom stereocenters. The zero-order chi connectivity index (χ0) is 16.8. The Labute approximate surface area is 140 Å². The van der Waals surface area contributed by atoms with E-state index in [0.717, 1.165) is 5.56 Å². The molecule has 2 rings (SSSR count). The van der Waals surface area contributed by atoms with Gasteiger partial charge in [-0.1, -0.05) is 23.7 Å². The van der Waals surface area contributed by atoms with E-state index in [0.29, 0.717) is 34.7 Å². The molecular formula is C18H17ClO4. The molecule has 0 fully saturated rings. The minimum atomic E-state index is -0.392. The van der Waals surface area contributed by atoms with Crippen LogP contribution in [0.5, 0.6) is 5.75 Å². The third kappa shape index (κ3) is 4.33. The fraction of sp³-hybridized carbons (Fsp3) is 0.222. The van der Waals surface area contributed by atoms with Gasteiger partial charge < -0.3 is 9.47 Å². The lowest BCUT2D eigenvalue weighted by Crippen LogP contribution is -2.04. The van der Waals surface area contributed by atoms with Crippen LogP contribution in [0, 0.1) is 0 Å². The molecule has 0 amide bonds. The standard InChI is InChI=1S/C18H17ClO4/c1-22-14-7-8-15(16(19)11-14)17(20)9-6-12-4-3-5-13(10-12)18(21)23-2/h3-5,7-8,10-11H,6,9H2,1-2H3. The van der Waals surface area contributed by atoms with Crippen LogP contribution in [-0.4, -0.2) is 26.0 Å². The first-order valence-electron chi connectivity index (χ1n) is 7.09. The molecule has 0 spiro atoms. The molecule has 0 unspecified atom stereocenters. The summed E-state index contributed by atoms with van der Waals surface area (Å²) in [5, 5.41) is 0.373. The van der Waals surface area contributed by atoms with Crippen molar-refractivity contribution in [1.29, 1.82) is 0 Å². The van der Waals surface area contributed by atoms with Crippen LogP contribution in [0.3, 0.4) is 0 Å². The number of esters is 1. The topological polar surface area (TPSA) is 52.6 Å². The minimum Gasteiger partial charge on any atom is -0.497 e. The molecule has 0 saturated carbocycles. The van der Waals surface area contributed by atoms with Crippen molar-refractivity contribution in [2.75, 3.05) is 14.2 Å². The Balaban J connectivity index is 2.06. The number of Topliss-reactive ketones (excluding diaryl/α,β-unsaturated/α-hetero) is 1. The van der Waals surface area contributed by atoms with Gasteiger partial charge in [-0.3, -0.25) is 4.79 Å². The number of carbonyl (C=O) groups is 2. The number of halogens is 1. The molecule has 0 N–H and O–H groups in total. The second kappa shape index (κ2) is 7.79. The highest BCUT2D eigenvalue weighted by molar-refractivity contribution is 6.34. The van der Waals surface area contributed by atoms with Crippen LogP contribution in [0.1, 0.15) is 32.7 Å². The van der Waals surface area contributed by atoms with E-state index in [-0.39, 0.29) is 5.78 Å². The molecule has 0 aliphatic rings. The third-order valence-corrected chi connectivity index (χ3v) is 3.78. The largest absolute Gasteiger partial charge is 0.497 e. The molecule has 0 saturated heterocycles. The quantitative estimate of drug-likeness (QED) is 0.593. The predicted molar refractivity (Wildman–Crippen MR) is 88.4 cm³/mol. The van der Waals surface area contributed by atoms with Crippen LogP contribution in [-0.2, 0) is 11.2 Å². The second-order valence-corrected chi connectivity index (χ2v) is 5.37. The van der Waals surface area contributed by atoms with Gasteiger partial charge in [0.25, 0.3) is 0 Å². The van der Waals surface area contributed by atoms with Crippen LogP contribution >= 0.6 is 11.6 Å². The Hall–Kier alpha value is -2.33. The minimum absolute atomic E-state index is 0.0545. The summed E-state index contributed by atoms with van der Waals surface area (Å²) in [6.45, 7) is 0. The number of hydrogen-bond donors (Lipinski definition) is 0. The average Bonchev–Trinajstić information content (AvgIpc) is 2.59. The van der Waals surface area contributed by atoms with Crippen LogP contribution < -0.4 is 4.74 Å². The first kappa shape index (κ1) is 17.0. The fourth-order valence-corrected chi connectivity index (χ4v) is 2.49. The van der Waals surface area contributed by atoms with E-state index in [1.165, 1.54) is 7.11 Å². The zero-order valence-corrected chi connectivity index (χ0v) is 13.7. The molecule has 5 heteroatoms. The molecule has 0 heterocycles. The van der Waals surface area contributed by atoms with Gasteiger partial charge in [-0.2, -0.15) is 0 Å². The summed E-state index contributed by atoms with van der Waals surface area (Å²) in [6, 6.07) is 12.0. The maximum absolute atomic E-state index is 12.3. The number of benzene rings is 2. The molecule has 0 aromatic heterocycles. The highest BCUT2D eigenvalue weighted by Crippen LogP contribution is 2.24. The number of methoxy groups -OCH3 is 2. The van der Waals surface area contributed by atoms with Crippen molar-refractivity contribution in [3.63, 3.8) is 0 Å². The Kier molecular flexibility index (Phi) is 5.77. The maximum atomic E-state index is 12.3. The summed E-state index contributed by atoms with van der Waals surface area (Å²) in [6.07, 6.45) is 0.822. The monoisotopic (exact) mass is 332 g/mol. The van der Waals surface area contributed by atoms with Gasteiger partial charge in [0.05, 0.1) is 24.8 Å². The van der Waals surface area contributed by atoms with Gasteiger partial charge in [0, 0.05) is 12.0 Å². The molecule has 2 aromatic carbocycles. The summed E-state index contributed by atoms with van der Waals surface area (Å²) < 4.78 is 9.75. The van der Waals surface area contributed by atoms with E-state index in [1.807, 2.05) is 6.07 Å². The summed E-state index contributed by atoms with van der Waals surface area (Å²) in [5.41, 5.74) is 1.84. The second-order valence-electron chi connectivity index (χ2n) is 4.96. The number of ketones is 1. The average molecular weight is 333 g/mol. The van der Waals surface area contributed by atoms with Crippen LogP contribution in [0.25, 0.3) is 0 Å². The Morgan fingerprint density at radius 2 is 1.87 bits per heavy atom. The number of hydrogen-bond acceptors (Lipinski definition) is 4. The first-order chi connectivity index (χ1) is 11.0. The first-order valence-corrected chi connectivity index (χ1v) is 7.47. The molecule has 23 heavy (non-hydrogen) atoms. The molecule has 0 radical (unpaired) electrons. The van der Waals surface area contributed by atoms with Gasteiger partial charge in [-0.05, 0) is 42.3 Å². The van der Waals surface area contributed by atoms with Gasteiger partial charge in [0.2, 0.25) is 0 Å². The van der Waals surface area contributed by atoms with Crippen molar-refractivity contribution >= 4 is 23.4 Å². The Morgan fingerprint density at radius 1 is 1.09 bits per heavy atom. The van der Waals surface area contributed by atoms with Gasteiger partial charge in [0.1, 0.15) is 5.75 Å². The number of aryl methyl sites for hydroxylation is 1. The number of ether oxygens (including phenoxy) is 2. The zero-order valence-electron chi connectivity index (χ0n) is 13.0. The maximum Gasteiger partial charge on any atom is 0.337 e. The van der Waals surface area contributed by atoms with Crippen molar-refractivity contribution in [3.8, 4) is 5.75 Å². The van der Waals surface area contributed by atoms with Gasteiger partial charge >= 0.3 is 5.97 Å². The predicted octanol–water partition coefficient (Wildman–Crippen LogP) is 3.95. The number of carbonyl (C=O) groups excluding carboxylic acids is 2. The summed E-state index contributed by atoms with van der Waals surface area (Å²) in [7, 11) is 2.88. The SMILES string of the molecule is COC(=O)c1cccc(CCC(=O)c2ccc(OC)cc2Cl)c1. The smallest absolute Gasteiger partial charge is 0.337 e. The number of rotatable bonds is 6. The lowest BCUT2D eigenvalue weighted by molar-refractivity contribution is 0.0600. The summed E-state index contributed by atoms with van der Waals surface area (Å²) in [4.78, 5) is 23.8. The van der Waals surface area contributed by atoms with E-state index in [1.54, 1.807) is 43.5 Å². The molecule has 4 nitrogen and oxygen atoms in total. The van der Waals surface area contributed by atoms with E-state index < -0.39 is 5.97 Å². The molecular weight excluding hydrogens is 316 g/mol. The van der Waals surface area contributed by atoms with E-state index >= 15 is 0 Å².